The van der Waals surface area contributed by atoms with Gasteiger partial charge in [-0.25, -0.2) is 4.79 Å². The molecule has 0 unspecified atom stereocenters. The number of rotatable bonds is 4. The first-order valence-electron chi connectivity index (χ1n) is 4.56. The highest BCUT2D eigenvalue weighted by Crippen LogP contribution is 1.95. The van der Waals surface area contributed by atoms with E-state index in [4.69, 9.17) is 0 Å². The van der Waals surface area contributed by atoms with Crippen LogP contribution in [0.5, 0.6) is 0 Å². The molecule has 0 aromatic heterocycles. The predicted molar refractivity (Wildman–Crippen MR) is 51.1 cm³/mol. The van der Waals surface area contributed by atoms with Gasteiger partial charge in [-0.2, -0.15) is 0 Å². The van der Waals surface area contributed by atoms with Crippen molar-refractivity contribution >= 4 is 6.03 Å². The highest BCUT2D eigenvalue weighted by atomic mass is 16.2. The van der Waals surface area contributed by atoms with Crippen LogP contribution in [0.15, 0.2) is 0 Å². The Bertz CT molecular complexity index is 132. The second-order valence-corrected chi connectivity index (χ2v) is 3.74. The molecule has 3 nitrogen and oxygen atoms in total. The zero-order valence-corrected chi connectivity index (χ0v) is 8.48. The first-order valence-corrected chi connectivity index (χ1v) is 4.56. The predicted octanol–water partition coefficient (Wildman–Crippen LogP) is 1.74. The lowest BCUT2D eigenvalue weighted by Gasteiger charge is -2.10. The van der Waals surface area contributed by atoms with Gasteiger partial charge in [-0.3, -0.25) is 0 Å². The topological polar surface area (TPSA) is 41.1 Å². The summed E-state index contributed by atoms with van der Waals surface area (Å²) in [4.78, 5) is 11.0. The van der Waals surface area contributed by atoms with Crippen LogP contribution in [0.3, 0.4) is 0 Å². The minimum Gasteiger partial charge on any atom is -0.338 e. The highest BCUT2D eigenvalue weighted by Gasteiger charge is 2.01. The third-order valence-corrected chi connectivity index (χ3v) is 1.43. The van der Waals surface area contributed by atoms with Crippen molar-refractivity contribution in [2.75, 3.05) is 6.54 Å². The van der Waals surface area contributed by atoms with Gasteiger partial charge in [-0.15, -0.1) is 0 Å². The fourth-order valence-electron chi connectivity index (χ4n) is 0.788. The molecule has 0 aromatic rings. The Labute approximate surface area is 74.9 Å². The lowest BCUT2D eigenvalue weighted by Crippen LogP contribution is -2.40. The van der Waals surface area contributed by atoms with E-state index < -0.39 is 0 Å². The van der Waals surface area contributed by atoms with E-state index in [0.29, 0.717) is 5.92 Å². The average Bonchev–Trinajstić information content (AvgIpc) is 1.84. The Balaban J connectivity index is 3.32. The van der Waals surface area contributed by atoms with Crippen LogP contribution in [-0.4, -0.2) is 18.6 Å². The van der Waals surface area contributed by atoms with Crippen LogP contribution < -0.4 is 10.6 Å². The van der Waals surface area contributed by atoms with Crippen LogP contribution in [-0.2, 0) is 0 Å². The number of carbonyl (C=O) groups is 1. The summed E-state index contributed by atoms with van der Waals surface area (Å²) in [6, 6.07) is 0.148. The second kappa shape index (κ2) is 5.86. The Morgan fingerprint density at radius 2 is 1.83 bits per heavy atom. The molecule has 0 aliphatic heterocycles. The van der Waals surface area contributed by atoms with Gasteiger partial charge in [-0.05, 0) is 26.2 Å². The minimum atomic E-state index is -0.0642. The van der Waals surface area contributed by atoms with Gasteiger partial charge in [0, 0.05) is 12.6 Å². The summed E-state index contributed by atoms with van der Waals surface area (Å²) in [5.41, 5.74) is 0. The maximum atomic E-state index is 11.0. The summed E-state index contributed by atoms with van der Waals surface area (Å²) < 4.78 is 0. The standard InChI is InChI=1S/C9H20N2O/c1-7(2)5-6-10-9(12)11-8(3)4/h7-8H,5-6H2,1-4H3,(H2,10,11,12). The SMILES string of the molecule is CC(C)CCNC(=O)NC(C)C. The summed E-state index contributed by atoms with van der Waals surface area (Å²) in [7, 11) is 0. The van der Waals surface area contributed by atoms with Crippen molar-refractivity contribution < 1.29 is 4.79 Å². The van der Waals surface area contributed by atoms with Crippen LogP contribution in [0, 0.1) is 5.92 Å². The molecule has 0 radical (unpaired) electrons. The molecule has 0 aliphatic rings. The van der Waals surface area contributed by atoms with Crippen LogP contribution in [0.4, 0.5) is 4.79 Å². The largest absolute Gasteiger partial charge is 0.338 e. The van der Waals surface area contributed by atoms with Gasteiger partial charge in [0.25, 0.3) is 0 Å². The van der Waals surface area contributed by atoms with E-state index in [-0.39, 0.29) is 12.1 Å². The van der Waals surface area contributed by atoms with Crippen molar-refractivity contribution in [3.05, 3.63) is 0 Å². The average molecular weight is 172 g/mol. The number of hydrogen-bond donors (Lipinski definition) is 2. The molecular weight excluding hydrogens is 152 g/mol. The van der Waals surface area contributed by atoms with Gasteiger partial charge < -0.3 is 10.6 Å². The summed E-state index contributed by atoms with van der Waals surface area (Å²) in [6.07, 6.45) is 1.03. The lowest BCUT2D eigenvalue weighted by molar-refractivity contribution is 0.238. The van der Waals surface area contributed by atoms with E-state index in [0.717, 1.165) is 13.0 Å². The van der Waals surface area contributed by atoms with Gasteiger partial charge in [0.2, 0.25) is 0 Å². The Morgan fingerprint density at radius 3 is 2.25 bits per heavy atom. The van der Waals surface area contributed by atoms with Crippen LogP contribution in [0.25, 0.3) is 0 Å². The fraction of sp³-hybridized carbons (Fsp3) is 0.889. The molecule has 0 heterocycles. The molecule has 0 spiro atoms. The molecule has 0 fully saturated rings. The molecule has 0 atom stereocenters. The first-order chi connectivity index (χ1) is 5.52. The van der Waals surface area contributed by atoms with Crippen molar-refractivity contribution in [2.45, 2.75) is 40.2 Å². The van der Waals surface area contributed by atoms with E-state index in [1.54, 1.807) is 0 Å². The maximum Gasteiger partial charge on any atom is 0.314 e. The van der Waals surface area contributed by atoms with Crippen LogP contribution >= 0.6 is 0 Å². The maximum absolute atomic E-state index is 11.0. The van der Waals surface area contributed by atoms with Crippen LogP contribution in [0.2, 0.25) is 0 Å². The van der Waals surface area contributed by atoms with Gasteiger partial charge in [-0.1, -0.05) is 13.8 Å². The molecular formula is C9H20N2O. The zero-order valence-electron chi connectivity index (χ0n) is 8.48. The second-order valence-electron chi connectivity index (χ2n) is 3.74. The van der Waals surface area contributed by atoms with Crippen molar-refractivity contribution in [1.82, 2.24) is 10.6 Å². The van der Waals surface area contributed by atoms with E-state index in [9.17, 15) is 4.79 Å². The summed E-state index contributed by atoms with van der Waals surface area (Å²) in [5, 5.41) is 5.56. The minimum absolute atomic E-state index is 0.0642. The smallest absolute Gasteiger partial charge is 0.314 e. The Kier molecular flexibility index (Phi) is 5.51. The Morgan fingerprint density at radius 1 is 1.25 bits per heavy atom. The van der Waals surface area contributed by atoms with Crippen molar-refractivity contribution in [1.29, 1.82) is 0 Å². The molecule has 72 valence electrons. The molecule has 0 saturated carbocycles. The number of carbonyl (C=O) groups excluding carboxylic acids is 1. The van der Waals surface area contributed by atoms with Gasteiger partial charge in [0.1, 0.15) is 0 Å². The monoisotopic (exact) mass is 172 g/mol. The van der Waals surface area contributed by atoms with Gasteiger partial charge >= 0.3 is 6.03 Å². The Hall–Kier alpha value is -0.730. The number of nitrogens with one attached hydrogen (secondary N) is 2. The molecule has 2 N–H and O–H groups in total. The molecule has 3 heteroatoms. The number of hydrogen-bond acceptors (Lipinski definition) is 1. The van der Waals surface area contributed by atoms with Crippen LogP contribution in [0.1, 0.15) is 34.1 Å². The van der Waals surface area contributed by atoms with E-state index in [1.807, 2.05) is 13.8 Å². The number of amides is 2. The summed E-state index contributed by atoms with van der Waals surface area (Å²) in [6.45, 7) is 8.93. The van der Waals surface area contributed by atoms with Gasteiger partial charge in [0.05, 0.1) is 0 Å². The molecule has 2 amide bonds. The first kappa shape index (κ1) is 11.3. The molecule has 0 rings (SSSR count). The van der Waals surface area contributed by atoms with E-state index >= 15 is 0 Å². The lowest BCUT2D eigenvalue weighted by atomic mass is 10.1. The number of urea groups is 1. The molecule has 0 aliphatic carbocycles. The third kappa shape index (κ3) is 7.38. The van der Waals surface area contributed by atoms with Crippen molar-refractivity contribution in [2.24, 2.45) is 5.92 Å². The van der Waals surface area contributed by atoms with Crippen molar-refractivity contribution in [3.63, 3.8) is 0 Å². The highest BCUT2D eigenvalue weighted by molar-refractivity contribution is 5.73. The summed E-state index contributed by atoms with van der Waals surface area (Å²) >= 11 is 0. The molecule has 12 heavy (non-hydrogen) atoms. The zero-order chi connectivity index (χ0) is 9.56. The normalized spacial score (nSPS) is 10.5. The fourth-order valence-corrected chi connectivity index (χ4v) is 0.788. The third-order valence-electron chi connectivity index (χ3n) is 1.43. The van der Waals surface area contributed by atoms with E-state index in [2.05, 4.69) is 24.5 Å². The quantitative estimate of drug-likeness (QED) is 0.666. The van der Waals surface area contributed by atoms with Gasteiger partial charge in [0.15, 0.2) is 0 Å². The van der Waals surface area contributed by atoms with Crippen molar-refractivity contribution in [3.8, 4) is 0 Å². The molecule has 0 aromatic carbocycles. The summed E-state index contributed by atoms with van der Waals surface area (Å²) in [5.74, 6) is 0.643. The molecule has 0 saturated heterocycles. The van der Waals surface area contributed by atoms with E-state index in [1.165, 1.54) is 0 Å². The molecule has 0 bridgehead atoms.